The molecular weight excluding hydrogens is 238 g/mol. The zero-order chi connectivity index (χ0) is 14.0. The lowest BCUT2D eigenvalue weighted by Crippen LogP contribution is -2.16. The van der Waals surface area contributed by atoms with E-state index >= 15 is 0 Å². The zero-order valence-electron chi connectivity index (χ0n) is 11.9. The quantitative estimate of drug-likeness (QED) is 0.918. The molecule has 1 aromatic heterocycles. The highest BCUT2D eigenvalue weighted by Crippen LogP contribution is 2.22. The van der Waals surface area contributed by atoms with Crippen molar-refractivity contribution in [2.45, 2.75) is 32.9 Å². The summed E-state index contributed by atoms with van der Waals surface area (Å²) in [5.74, 6) is 0.868. The van der Waals surface area contributed by atoms with E-state index < -0.39 is 0 Å². The third-order valence-electron chi connectivity index (χ3n) is 2.97. The lowest BCUT2D eigenvalue weighted by atomic mass is 10.0. The Kier molecular flexibility index (Phi) is 3.90. The van der Waals surface area contributed by atoms with Gasteiger partial charge in [-0.05, 0) is 44.5 Å². The summed E-state index contributed by atoms with van der Waals surface area (Å²) in [7, 11) is 1.92. The highest BCUT2D eigenvalue weighted by molar-refractivity contribution is 5.33. The van der Waals surface area contributed by atoms with E-state index in [1.807, 2.05) is 62.8 Å². The monoisotopic (exact) mass is 259 g/mol. The molecule has 102 valence electrons. The third kappa shape index (κ3) is 3.15. The summed E-state index contributed by atoms with van der Waals surface area (Å²) in [5.41, 5.74) is 9.32. The van der Waals surface area contributed by atoms with Gasteiger partial charge in [0.25, 0.3) is 0 Å². The second-order valence-electron chi connectivity index (χ2n) is 5.05. The summed E-state index contributed by atoms with van der Waals surface area (Å²) in [6.07, 6.45) is 0.180. The molecule has 1 aromatic carbocycles. The summed E-state index contributed by atoms with van der Waals surface area (Å²) >= 11 is 0. The minimum absolute atomic E-state index is 0.167. The minimum atomic E-state index is -0.167. The molecule has 0 amide bonds. The molecule has 2 rings (SSSR count). The van der Waals surface area contributed by atoms with Gasteiger partial charge >= 0.3 is 0 Å². The molecule has 1 unspecified atom stereocenters. The summed E-state index contributed by atoms with van der Waals surface area (Å²) in [5, 5.41) is 4.33. The third-order valence-corrected chi connectivity index (χ3v) is 2.97. The first-order valence-electron chi connectivity index (χ1n) is 6.50. The van der Waals surface area contributed by atoms with Crippen molar-refractivity contribution in [1.82, 2.24) is 9.78 Å². The van der Waals surface area contributed by atoms with E-state index in [0.717, 1.165) is 22.7 Å². The maximum atomic E-state index is 6.28. The van der Waals surface area contributed by atoms with Crippen LogP contribution in [0.2, 0.25) is 0 Å². The standard InChI is InChI=1S/C15H21N3O/c1-10(2)19-13-7-5-12(6-8-13)15(16)14-9-11(3)17-18(14)4/h5-10,15H,16H2,1-4H3. The van der Waals surface area contributed by atoms with Crippen molar-refractivity contribution in [3.63, 3.8) is 0 Å². The molecule has 19 heavy (non-hydrogen) atoms. The molecule has 0 saturated heterocycles. The minimum Gasteiger partial charge on any atom is -0.491 e. The van der Waals surface area contributed by atoms with Crippen molar-refractivity contribution in [1.29, 1.82) is 0 Å². The van der Waals surface area contributed by atoms with E-state index in [1.54, 1.807) is 0 Å². The van der Waals surface area contributed by atoms with Crippen LogP contribution in [0.3, 0.4) is 0 Å². The average Bonchev–Trinajstić information content (AvgIpc) is 2.68. The smallest absolute Gasteiger partial charge is 0.119 e. The van der Waals surface area contributed by atoms with Gasteiger partial charge in [-0.1, -0.05) is 12.1 Å². The van der Waals surface area contributed by atoms with Crippen LogP contribution in [0.15, 0.2) is 30.3 Å². The summed E-state index contributed by atoms with van der Waals surface area (Å²) in [4.78, 5) is 0. The first-order chi connectivity index (χ1) is 8.97. The maximum absolute atomic E-state index is 6.28. The molecule has 0 spiro atoms. The van der Waals surface area contributed by atoms with Gasteiger partial charge in [0.15, 0.2) is 0 Å². The van der Waals surface area contributed by atoms with Crippen LogP contribution >= 0.6 is 0 Å². The predicted octanol–water partition coefficient (Wildman–Crippen LogP) is 2.56. The molecule has 0 aliphatic heterocycles. The lowest BCUT2D eigenvalue weighted by Gasteiger charge is -2.14. The topological polar surface area (TPSA) is 53.1 Å². The lowest BCUT2D eigenvalue weighted by molar-refractivity contribution is 0.242. The Morgan fingerprint density at radius 2 is 1.84 bits per heavy atom. The first kappa shape index (κ1) is 13.6. The van der Waals surface area contributed by atoms with Gasteiger partial charge in [0.2, 0.25) is 0 Å². The van der Waals surface area contributed by atoms with Crippen LogP contribution in [0.4, 0.5) is 0 Å². The Morgan fingerprint density at radius 1 is 1.21 bits per heavy atom. The zero-order valence-corrected chi connectivity index (χ0v) is 11.9. The number of ether oxygens (including phenoxy) is 1. The SMILES string of the molecule is Cc1cc(C(N)c2ccc(OC(C)C)cc2)n(C)n1. The number of nitrogens with two attached hydrogens (primary N) is 1. The molecule has 1 heterocycles. The van der Waals surface area contributed by atoms with Crippen LogP contribution in [0, 0.1) is 6.92 Å². The van der Waals surface area contributed by atoms with Gasteiger partial charge in [-0.2, -0.15) is 5.10 Å². The summed E-state index contributed by atoms with van der Waals surface area (Å²) in [6.45, 7) is 5.99. The fraction of sp³-hybridized carbons (Fsp3) is 0.400. The molecule has 0 aliphatic carbocycles. The van der Waals surface area contributed by atoms with Crippen molar-refractivity contribution in [3.8, 4) is 5.75 Å². The van der Waals surface area contributed by atoms with Crippen LogP contribution < -0.4 is 10.5 Å². The van der Waals surface area contributed by atoms with Gasteiger partial charge in [-0.15, -0.1) is 0 Å². The van der Waals surface area contributed by atoms with Gasteiger partial charge < -0.3 is 10.5 Å². The fourth-order valence-corrected chi connectivity index (χ4v) is 2.12. The highest BCUT2D eigenvalue weighted by Gasteiger charge is 2.13. The molecule has 0 saturated carbocycles. The molecule has 2 aromatic rings. The van der Waals surface area contributed by atoms with Gasteiger partial charge in [-0.25, -0.2) is 0 Å². The van der Waals surface area contributed by atoms with Crippen molar-refractivity contribution in [3.05, 3.63) is 47.3 Å². The van der Waals surface area contributed by atoms with Gasteiger partial charge in [0.05, 0.1) is 23.5 Å². The van der Waals surface area contributed by atoms with Crippen LogP contribution in [0.25, 0.3) is 0 Å². The van der Waals surface area contributed by atoms with Crippen LogP contribution in [0.1, 0.15) is 36.8 Å². The number of rotatable bonds is 4. The molecule has 0 aliphatic rings. The number of hydrogen-bond acceptors (Lipinski definition) is 3. The number of aryl methyl sites for hydroxylation is 2. The first-order valence-corrected chi connectivity index (χ1v) is 6.50. The number of hydrogen-bond donors (Lipinski definition) is 1. The maximum Gasteiger partial charge on any atom is 0.119 e. The van der Waals surface area contributed by atoms with E-state index in [9.17, 15) is 0 Å². The van der Waals surface area contributed by atoms with E-state index in [2.05, 4.69) is 5.10 Å². The van der Waals surface area contributed by atoms with E-state index in [4.69, 9.17) is 10.5 Å². The van der Waals surface area contributed by atoms with E-state index in [0.29, 0.717) is 0 Å². The average molecular weight is 259 g/mol. The Hall–Kier alpha value is -1.81. The second kappa shape index (κ2) is 5.45. The molecule has 0 radical (unpaired) electrons. The summed E-state index contributed by atoms with van der Waals surface area (Å²) < 4.78 is 7.46. The Bertz CT molecular complexity index is 543. The number of aromatic nitrogens is 2. The van der Waals surface area contributed by atoms with Crippen molar-refractivity contribution in [2.75, 3.05) is 0 Å². The van der Waals surface area contributed by atoms with E-state index in [-0.39, 0.29) is 12.1 Å². The normalized spacial score (nSPS) is 12.7. The Labute approximate surface area is 114 Å². The number of benzene rings is 1. The van der Waals surface area contributed by atoms with Crippen molar-refractivity contribution >= 4 is 0 Å². The van der Waals surface area contributed by atoms with E-state index in [1.165, 1.54) is 0 Å². The molecule has 0 bridgehead atoms. The largest absolute Gasteiger partial charge is 0.491 e. The van der Waals surface area contributed by atoms with Crippen molar-refractivity contribution in [2.24, 2.45) is 12.8 Å². The molecule has 1 atom stereocenters. The van der Waals surface area contributed by atoms with Crippen LogP contribution in [0.5, 0.6) is 5.75 Å². The molecular formula is C15H21N3O. The van der Waals surface area contributed by atoms with Gasteiger partial charge in [0.1, 0.15) is 5.75 Å². The molecule has 2 N–H and O–H groups in total. The highest BCUT2D eigenvalue weighted by atomic mass is 16.5. The predicted molar refractivity (Wildman–Crippen MR) is 76.2 cm³/mol. The second-order valence-corrected chi connectivity index (χ2v) is 5.05. The Balaban J connectivity index is 2.20. The van der Waals surface area contributed by atoms with Crippen LogP contribution in [-0.4, -0.2) is 15.9 Å². The fourth-order valence-electron chi connectivity index (χ4n) is 2.12. The van der Waals surface area contributed by atoms with Crippen molar-refractivity contribution < 1.29 is 4.74 Å². The number of nitrogens with zero attached hydrogens (tertiary/aromatic N) is 2. The molecule has 4 nitrogen and oxygen atoms in total. The van der Waals surface area contributed by atoms with Gasteiger partial charge in [-0.3, -0.25) is 4.68 Å². The van der Waals surface area contributed by atoms with Gasteiger partial charge in [0, 0.05) is 7.05 Å². The molecule has 4 heteroatoms. The van der Waals surface area contributed by atoms with Crippen LogP contribution in [-0.2, 0) is 7.05 Å². The molecule has 0 fully saturated rings. The summed E-state index contributed by atoms with van der Waals surface area (Å²) in [6, 6.07) is 9.77. The Morgan fingerprint density at radius 3 is 2.32 bits per heavy atom.